The fraction of sp³-hybridized carbons (Fsp3) is 0.538. The third-order valence-corrected chi connectivity index (χ3v) is 3.40. The van der Waals surface area contributed by atoms with Crippen LogP contribution >= 0.6 is 0 Å². The zero-order valence-electron chi connectivity index (χ0n) is 9.84. The molecule has 1 aliphatic rings. The third kappa shape index (κ3) is 3.27. The average Bonchev–Trinajstić information content (AvgIpc) is 3.13. The second kappa shape index (κ2) is 5.27. The lowest BCUT2D eigenvalue weighted by atomic mass is 10.0. The Morgan fingerprint density at radius 3 is 2.76 bits per heavy atom. The molecule has 2 rings (SSSR count). The van der Waals surface area contributed by atoms with Crippen molar-refractivity contribution in [3.05, 3.63) is 39.9 Å². The highest BCUT2D eigenvalue weighted by Gasteiger charge is 2.27. The van der Waals surface area contributed by atoms with Gasteiger partial charge in [0, 0.05) is 17.7 Å². The minimum atomic E-state index is -0.309. The molecule has 17 heavy (non-hydrogen) atoms. The fourth-order valence-electron chi connectivity index (χ4n) is 2.19. The molecule has 1 aromatic carbocycles. The van der Waals surface area contributed by atoms with Gasteiger partial charge in [0.1, 0.15) is 0 Å². The quantitative estimate of drug-likeness (QED) is 0.607. The Balaban J connectivity index is 1.87. The van der Waals surface area contributed by atoms with Crippen molar-refractivity contribution in [3.63, 3.8) is 0 Å². The van der Waals surface area contributed by atoms with E-state index in [1.54, 1.807) is 12.1 Å². The summed E-state index contributed by atoms with van der Waals surface area (Å²) in [4.78, 5) is 10.5. The number of hydrogen-bond acceptors (Lipinski definition) is 3. The molecule has 1 saturated carbocycles. The number of benzene rings is 1. The molecule has 4 nitrogen and oxygen atoms in total. The maximum atomic E-state index is 10.8. The van der Waals surface area contributed by atoms with Gasteiger partial charge in [-0.3, -0.25) is 10.1 Å². The van der Waals surface area contributed by atoms with Crippen molar-refractivity contribution in [1.29, 1.82) is 0 Å². The van der Waals surface area contributed by atoms with Gasteiger partial charge >= 0.3 is 0 Å². The van der Waals surface area contributed by atoms with Crippen molar-refractivity contribution in [1.82, 2.24) is 0 Å². The van der Waals surface area contributed by atoms with Gasteiger partial charge in [-0.25, -0.2) is 0 Å². The van der Waals surface area contributed by atoms with Gasteiger partial charge in [-0.15, -0.1) is 0 Å². The van der Waals surface area contributed by atoms with Crippen LogP contribution < -0.4 is 5.73 Å². The lowest BCUT2D eigenvalue weighted by molar-refractivity contribution is -0.385. The molecule has 1 atom stereocenters. The van der Waals surface area contributed by atoms with Crippen molar-refractivity contribution >= 4 is 5.69 Å². The number of nitrogens with zero attached hydrogens (tertiary/aromatic N) is 1. The van der Waals surface area contributed by atoms with Crippen LogP contribution in [0.15, 0.2) is 24.3 Å². The molecule has 0 radical (unpaired) electrons. The minimum Gasteiger partial charge on any atom is -0.327 e. The monoisotopic (exact) mass is 234 g/mol. The van der Waals surface area contributed by atoms with Crippen LogP contribution in [0.1, 0.15) is 31.2 Å². The fourth-order valence-corrected chi connectivity index (χ4v) is 2.19. The molecule has 0 saturated heterocycles. The molecule has 1 aliphatic carbocycles. The van der Waals surface area contributed by atoms with Crippen LogP contribution in [0.4, 0.5) is 5.69 Å². The zero-order chi connectivity index (χ0) is 12.3. The van der Waals surface area contributed by atoms with Gasteiger partial charge in [0.05, 0.1) is 4.92 Å². The zero-order valence-corrected chi connectivity index (χ0v) is 9.84. The van der Waals surface area contributed by atoms with E-state index in [0.29, 0.717) is 5.92 Å². The molecule has 1 fully saturated rings. The van der Waals surface area contributed by atoms with E-state index < -0.39 is 0 Å². The first kappa shape index (κ1) is 12.0. The number of hydrogen-bond donors (Lipinski definition) is 1. The van der Waals surface area contributed by atoms with Gasteiger partial charge in [-0.1, -0.05) is 18.2 Å². The second-order valence-electron chi connectivity index (χ2n) is 4.78. The molecule has 1 unspecified atom stereocenters. The van der Waals surface area contributed by atoms with Crippen molar-refractivity contribution < 1.29 is 4.92 Å². The molecule has 4 heteroatoms. The van der Waals surface area contributed by atoms with Gasteiger partial charge in [0.15, 0.2) is 0 Å². The lowest BCUT2D eigenvalue weighted by Gasteiger charge is -2.09. The first-order valence-electron chi connectivity index (χ1n) is 6.16. The highest BCUT2D eigenvalue weighted by Crippen LogP contribution is 2.33. The van der Waals surface area contributed by atoms with E-state index in [-0.39, 0.29) is 16.7 Å². The van der Waals surface area contributed by atoms with Crippen LogP contribution in [0.5, 0.6) is 0 Å². The SMILES string of the molecule is NC(CCCc1ccccc1[N+](=O)[O-])C1CC1. The molecular weight excluding hydrogens is 216 g/mol. The van der Waals surface area contributed by atoms with E-state index in [4.69, 9.17) is 5.73 Å². The maximum Gasteiger partial charge on any atom is 0.272 e. The Morgan fingerprint density at radius 2 is 2.12 bits per heavy atom. The molecule has 0 bridgehead atoms. The Morgan fingerprint density at radius 1 is 1.41 bits per heavy atom. The van der Waals surface area contributed by atoms with Crippen molar-refractivity contribution in [3.8, 4) is 0 Å². The molecule has 0 aromatic heterocycles. The summed E-state index contributed by atoms with van der Waals surface area (Å²) in [5.74, 6) is 0.709. The third-order valence-electron chi connectivity index (χ3n) is 3.40. The molecule has 0 aliphatic heterocycles. The topological polar surface area (TPSA) is 69.2 Å². The number of aryl methyl sites for hydroxylation is 1. The second-order valence-corrected chi connectivity index (χ2v) is 4.78. The number of para-hydroxylation sites is 1. The van der Waals surface area contributed by atoms with E-state index in [1.807, 2.05) is 12.1 Å². The largest absolute Gasteiger partial charge is 0.327 e. The van der Waals surface area contributed by atoms with Gasteiger partial charge in [0.2, 0.25) is 0 Å². The van der Waals surface area contributed by atoms with E-state index in [0.717, 1.165) is 24.8 Å². The Labute approximate surface area is 101 Å². The van der Waals surface area contributed by atoms with Gasteiger partial charge in [-0.2, -0.15) is 0 Å². The molecule has 0 amide bonds. The van der Waals surface area contributed by atoms with Crippen LogP contribution in [-0.4, -0.2) is 11.0 Å². The summed E-state index contributed by atoms with van der Waals surface area (Å²) in [6.45, 7) is 0. The number of nitrogens with two attached hydrogens (primary N) is 1. The summed E-state index contributed by atoms with van der Waals surface area (Å²) in [7, 11) is 0. The summed E-state index contributed by atoms with van der Waals surface area (Å²) in [5.41, 5.74) is 7.06. The summed E-state index contributed by atoms with van der Waals surface area (Å²) in [6, 6.07) is 7.25. The number of nitro benzene ring substituents is 1. The standard InChI is InChI=1S/C13H18N2O2/c14-12(10-8-9-10)6-3-5-11-4-1-2-7-13(11)15(16)17/h1-2,4,7,10,12H,3,5-6,8-9,14H2. The van der Waals surface area contributed by atoms with Gasteiger partial charge in [-0.05, 0) is 38.0 Å². The van der Waals surface area contributed by atoms with E-state index in [9.17, 15) is 10.1 Å². The van der Waals surface area contributed by atoms with Crippen LogP contribution in [0.2, 0.25) is 0 Å². The Hall–Kier alpha value is -1.42. The van der Waals surface area contributed by atoms with E-state index in [2.05, 4.69) is 0 Å². The molecule has 0 spiro atoms. The van der Waals surface area contributed by atoms with Crippen LogP contribution in [0.3, 0.4) is 0 Å². The van der Waals surface area contributed by atoms with Crippen molar-refractivity contribution in [2.24, 2.45) is 11.7 Å². The molecule has 2 N–H and O–H groups in total. The van der Waals surface area contributed by atoms with Crippen LogP contribution in [0, 0.1) is 16.0 Å². The number of rotatable bonds is 6. The van der Waals surface area contributed by atoms with E-state index in [1.165, 1.54) is 12.8 Å². The molecule has 0 heterocycles. The Kier molecular flexibility index (Phi) is 3.74. The smallest absolute Gasteiger partial charge is 0.272 e. The van der Waals surface area contributed by atoms with Gasteiger partial charge < -0.3 is 5.73 Å². The average molecular weight is 234 g/mol. The first-order valence-corrected chi connectivity index (χ1v) is 6.16. The normalized spacial score (nSPS) is 16.8. The minimum absolute atomic E-state index is 0.229. The molecular formula is C13H18N2O2. The predicted molar refractivity (Wildman–Crippen MR) is 66.7 cm³/mol. The van der Waals surface area contributed by atoms with Crippen molar-refractivity contribution in [2.75, 3.05) is 0 Å². The summed E-state index contributed by atoms with van der Waals surface area (Å²) < 4.78 is 0. The van der Waals surface area contributed by atoms with Gasteiger partial charge in [0.25, 0.3) is 5.69 Å². The van der Waals surface area contributed by atoms with Crippen LogP contribution in [0.25, 0.3) is 0 Å². The molecule has 1 aromatic rings. The highest BCUT2D eigenvalue weighted by atomic mass is 16.6. The summed E-state index contributed by atoms with van der Waals surface area (Å²) >= 11 is 0. The first-order chi connectivity index (χ1) is 8.18. The molecule has 92 valence electrons. The highest BCUT2D eigenvalue weighted by molar-refractivity contribution is 5.39. The summed E-state index contributed by atoms with van der Waals surface area (Å²) in [6.07, 6.45) is 5.16. The van der Waals surface area contributed by atoms with E-state index >= 15 is 0 Å². The number of nitro groups is 1. The van der Waals surface area contributed by atoms with Crippen LogP contribution in [-0.2, 0) is 6.42 Å². The van der Waals surface area contributed by atoms with Crippen molar-refractivity contribution in [2.45, 2.75) is 38.1 Å². The summed E-state index contributed by atoms with van der Waals surface area (Å²) in [5, 5.41) is 10.8. The Bertz CT molecular complexity index is 402. The maximum absolute atomic E-state index is 10.8. The predicted octanol–water partition coefficient (Wildman–Crippen LogP) is 2.65. The lowest BCUT2D eigenvalue weighted by Crippen LogP contribution is -2.22.